The standard InChI is InChI=1S/C14H27N3O2S/c1-10(2)16-12(18)11-9-19-8-7-17(11)6-5-14(3,4)13(15)20/h10-11H,5-9H2,1-4H3,(H2,15,20)(H,16,18). The van der Waals surface area contributed by atoms with Crippen LogP contribution in [0.15, 0.2) is 0 Å². The molecule has 0 bridgehead atoms. The second-order valence-corrected chi connectivity index (χ2v) is 6.73. The lowest BCUT2D eigenvalue weighted by atomic mass is 9.89. The number of ether oxygens (including phenoxy) is 1. The second kappa shape index (κ2) is 7.33. The van der Waals surface area contributed by atoms with Crippen molar-refractivity contribution in [3.8, 4) is 0 Å². The van der Waals surface area contributed by atoms with Crippen molar-refractivity contribution in [2.75, 3.05) is 26.3 Å². The molecule has 0 radical (unpaired) electrons. The summed E-state index contributed by atoms with van der Waals surface area (Å²) in [5.41, 5.74) is 5.57. The molecular formula is C14H27N3O2S. The third-order valence-corrected chi connectivity index (χ3v) is 4.22. The monoisotopic (exact) mass is 301 g/mol. The smallest absolute Gasteiger partial charge is 0.239 e. The number of hydrogen-bond donors (Lipinski definition) is 2. The van der Waals surface area contributed by atoms with Gasteiger partial charge < -0.3 is 15.8 Å². The van der Waals surface area contributed by atoms with Crippen LogP contribution in [0.4, 0.5) is 0 Å². The first-order valence-electron chi connectivity index (χ1n) is 7.16. The largest absolute Gasteiger partial charge is 0.393 e. The number of morpholine rings is 1. The van der Waals surface area contributed by atoms with Crippen LogP contribution < -0.4 is 11.1 Å². The maximum atomic E-state index is 12.2. The van der Waals surface area contributed by atoms with Gasteiger partial charge in [0.1, 0.15) is 6.04 Å². The Morgan fingerprint density at radius 2 is 2.20 bits per heavy atom. The molecule has 0 aromatic carbocycles. The van der Waals surface area contributed by atoms with Crippen molar-refractivity contribution in [1.82, 2.24) is 10.2 Å². The predicted molar refractivity (Wildman–Crippen MR) is 84.6 cm³/mol. The van der Waals surface area contributed by atoms with Gasteiger partial charge in [-0.1, -0.05) is 26.1 Å². The number of rotatable bonds is 6. The third-order valence-electron chi connectivity index (χ3n) is 3.66. The minimum atomic E-state index is -0.215. The molecule has 1 rings (SSSR count). The number of thiocarbonyl (C=S) groups is 1. The maximum Gasteiger partial charge on any atom is 0.239 e. The lowest BCUT2D eigenvalue weighted by Gasteiger charge is -2.36. The molecule has 116 valence electrons. The molecule has 20 heavy (non-hydrogen) atoms. The minimum absolute atomic E-state index is 0.0350. The van der Waals surface area contributed by atoms with Gasteiger partial charge in [0.25, 0.3) is 0 Å². The molecule has 0 aliphatic carbocycles. The van der Waals surface area contributed by atoms with E-state index in [9.17, 15) is 4.79 Å². The Kier molecular flexibility index (Phi) is 6.36. The summed E-state index contributed by atoms with van der Waals surface area (Å²) in [5.74, 6) is 0.0350. The maximum absolute atomic E-state index is 12.2. The van der Waals surface area contributed by atoms with Gasteiger partial charge in [-0.25, -0.2) is 0 Å². The fourth-order valence-electron chi connectivity index (χ4n) is 2.07. The van der Waals surface area contributed by atoms with E-state index in [-0.39, 0.29) is 23.4 Å². The summed E-state index contributed by atoms with van der Waals surface area (Å²) in [6.45, 7) is 10.7. The molecule has 5 nitrogen and oxygen atoms in total. The van der Waals surface area contributed by atoms with E-state index in [0.29, 0.717) is 18.2 Å². The average Bonchev–Trinajstić information content (AvgIpc) is 2.35. The Balaban J connectivity index is 2.61. The fraction of sp³-hybridized carbons (Fsp3) is 0.857. The van der Waals surface area contributed by atoms with Gasteiger partial charge in [0, 0.05) is 24.5 Å². The van der Waals surface area contributed by atoms with Crippen LogP contribution in [0.25, 0.3) is 0 Å². The zero-order valence-corrected chi connectivity index (χ0v) is 13.8. The minimum Gasteiger partial charge on any atom is -0.393 e. The first kappa shape index (κ1) is 17.3. The molecule has 3 N–H and O–H groups in total. The van der Waals surface area contributed by atoms with E-state index in [4.69, 9.17) is 22.7 Å². The van der Waals surface area contributed by atoms with Crippen LogP contribution in [0.3, 0.4) is 0 Å². The molecular weight excluding hydrogens is 274 g/mol. The number of nitrogens with two attached hydrogens (primary N) is 1. The highest BCUT2D eigenvalue weighted by Crippen LogP contribution is 2.22. The molecule has 1 aliphatic heterocycles. The predicted octanol–water partition coefficient (Wildman–Crippen LogP) is 0.914. The van der Waals surface area contributed by atoms with E-state index < -0.39 is 0 Å². The Morgan fingerprint density at radius 3 is 2.75 bits per heavy atom. The number of carbonyl (C=O) groups excluding carboxylic acids is 1. The summed E-state index contributed by atoms with van der Waals surface area (Å²) in [5, 5.41) is 2.95. The van der Waals surface area contributed by atoms with Crippen LogP contribution in [0.1, 0.15) is 34.1 Å². The second-order valence-electron chi connectivity index (χ2n) is 6.29. The van der Waals surface area contributed by atoms with Gasteiger partial charge in [-0.15, -0.1) is 0 Å². The Hall–Kier alpha value is -0.720. The molecule has 0 aromatic rings. The zero-order chi connectivity index (χ0) is 15.3. The van der Waals surface area contributed by atoms with Gasteiger partial charge in [-0.3, -0.25) is 9.69 Å². The Morgan fingerprint density at radius 1 is 1.55 bits per heavy atom. The number of carbonyl (C=O) groups is 1. The van der Waals surface area contributed by atoms with Crippen LogP contribution in [-0.2, 0) is 9.53 Å². The summed E-state index contributed by atoms with van der Waals surface area (Å²) in [6.07, 6.45) is 0.841. The first-order chi connectivity index (χ1) is 9.24. The van der Waals surface area contributed by atoms with Crippen molar-refractivity contribution in [3.05, 3.63) is 0 Å². The van der Waals surface area contributed by atoms with Crippen LogP contribution in [0, 0.1) is 5.41 Å². The highest BCUT2D eigenvalue weighted by atomic mass is 32.1. The molecule has 0 spiro atoms. The lowest BCUT2D eigenvalue weighted by molar-refractivity contribution is -0.133. The van der Waals surface area contributed by atoms with E-state index in [1.165, 1.54) is 0 Å². The van der Waals surface area contributed by atoms with Gasteiger partial charge >= 0.3 is 0 Å². The Labute approximate surface area is 127 Å². The van der Waals surface area contributed by atoms with Gasteiger partial charge in [-0.2, -0.15) is 0 Å². The van der Waals surface area contributed by atoms with E-state index >= 15 is 0 Å². The highest BCUT2D eigenvalue weighted by Gasteiger charge is 2.31. The zero-order valence-electron chi connectivity index (χ0n) is 12.9. The fourth-order valence-corrected chi connectivity index (χ4v) is 2.18. The van der Waals surface area contributed by atoms with Gasteiger partial charge in [-0.05, 0) is 20.3 Å². The van der Waals surface area contributed by atoms with Gasteiger partial charge in [0.05, 0.1) is 18.2 Å². The summed E-state index contributed by atoms with van der Waals surface area (Å²) in [4.78, 5) is 14.9. The molecule has 1 fully saturated rings. The van der Waals surface area contributed by atoms with Crippen molar-refractivity contribution >= 4 is 23.1 Å². The molecule has 1 heterocycles. The number of hydrogen-bond acceptors (Lipinski definition) is 4. The van der Waals surface area contributed by atoms with Crippen LogP contribution >= 0.6 is 12.2 Å². The van der Waals surface area contributed by atoms with E-state index in [0.717, 1.165) is 19.5 Å². The van der Waals surface area contributed by atoms with Crippen molar-refractivity contribution in [3.63, 3.8) is 0 Å². The van der Waals surface area contributed by atoms with Crippen molar-refractivity contribution in [2.24, 2.45) is 11.1 Å². The normalized spacial score (nSPS) is 20.9. The summed E-state index contributed by atoms with van der Waals surface area (Å²) >= 11 is 5.09. The summed E-state index contributed by atoms with van der Waals surface area (Å²) in [7, 11) is 0. The molecule has 0 saturated carbocycles. The van der Waals surface area contributed by atoms with Crippen molar-refractivity contribution in [1.29, 1.82) is 0 Å². The van der Waals surface area contributed by atoms with Crippen LogP contribution in [0.2, 0.25) is 0 Å². The van der Waals surface area contributed by atoms with Gasteiger partial charge in [0.15, 0.2) is 0 Å². The molecule has 1 aliphatic rings. The first-order valence-corrected chi connectivity index (χ1v) is 7.57. The van der Waals surface area contributed by atoms with Gasteiger partial charge in [0.2, 0.25) is 5.91 Å². The lowest BCUT2D eigenvalue weighted by Crippen LogP contribution is -2.55. The summed E-state index contributed by atoms with van der Waals surface area (Å²) < 4.78 is 5.44. The quantitative estimate of drug-likeness (QED) is 0.714. The molecule has 1 atom stereocenters. The third kappa shape index (κ3) is 5.00. The molecule has 1 saturated heterocycles. The van der Waals surface area contributed by atoms with Crippen LogP contribution in [-0.4, -0.2) is 54.2 Å². The van der Waals surface area contributed by atoms with E-state index in [1.54, 1.807) is 0 Å². The van der Waals surface area contributed by atoms with E-state index in [1.807, 2.05) is 27.7 Å². The SMILES string of the molecule is CC(C)NC(=O)C1COCCN1CCC(C)(C)C(N)=S. The number of nitrogens with one attached hydrogen (secondary N) is 1. The van der Waals surface area contributed by atoms with Crippen molar-refractivity contribution in [2.45, 2.75) is 46.2 Å². The topological polar surface area (TPSA) is 67.6 Å². The molecule has 1 unspecified atom stereocenters. The van der Waals surface area contributed by atoms with Crippen molar-refractivity contribution < 1.29 is 9.53 Å². The van der Waals surface area contributed by atoms with E-state index in [2.05, 4.69) is 10.2 Å². The van der Waals surface area contributed by atoms with Crippen LogP contribution in [0.5, 0.6) is 0 Å². The Bertz CT molecular complexity index is 358. The molecule has 1 amide bonds. The number of nitrogens with zero attached hydrogens (tertiary/aromatic N) is 1. The summed E-state index contributed by atoms with van der Waals surface area (Å²) in [6, 6.07) is -0.0763. The molecule has 0 aromatic heterocycles. The average molecular weight is 301 g/mol. The number of amides is 1. The highest BCUT2D eigenvalue weighted by molar-refractivity contribution is 7.80. The molecule has 6 heteroatoms.